The van der Waals surface area contributed by atoms with Crippen LogP contribution in [0.25, 0.3) is 11.5 Å². The molecular formula is C20H20N2O6S. The quantitative estimate of drug-likeness (QED) is 0.386. The maximum absolute atomic E-state index is 12.3. The number of methoxy groups -OCH3 is 1. The molecule has 152 valence electrons. The SMILES string of the molecule is COC(=O)/C=C1/SCC(=O)N1CCCOC(=O)c1nc(-c2ccccc2)oc1C. The minimum Gasteiger partial charge on any atom is -0.466 e. The largest absolute Gasteiger partial charge is 0.466 e. The lowest BCUT2D eigenvalue weighted by atomic mass is 10.2. The Labute approximate surface area is 171 Å². The van der Waals surface area contributed by atoms with Gasteiger partial charge >= 0.3 is 11.9 Å². The van der Waals surface area contributed by atoms with Crippen LogP contribution in [0.2, 0.25) is 0 Å². The Hall–Kier alpha value is -3.07. The molecule has 0 bridgehead atoms. The fourth-order valence-corrected chi connectivity index (χ4v) is 3.63. The number of aromatic nitrogens is 1. The van der Waals surface area contributed by atoms with Crippen molar-refractivity contribution in [2.75, 3.05) is 26.0 Å². The fraction of sp³-hybridized carbons (Fsp3) is 0.300. The summed E-state index contributed by atoms with van der Waals surface area (Å²) in [6, 6.07) is 9.26. The van der Waals surface area contributed by atoms with E-state index < -0.39 is 11.9 Å². The van der Waals surface area contributed by atoms with Crippen molar-refractivity contribution < 1.29 is 28.3 Å². The number of carbonyl (C=O) groups excluding carboxylic acids is 3. The number of aryl methyl sites for hydroxylation is 1. The van der Waals surface area contributed by atoms with E-state index in [2.05, 4.69) is 9.72 Å². The molecule has 0 radical (unpaired) electrons. The van der Waals surface area contributed by atoms with Crippen LogP contribution in [-0.4, -0.2) is 53.7 Å². The molecule has 0 aliphatic carbocycles. The maximum atomic E-state index is 12.3. The number of thioether (sulfide) groups is 1. The average molecular weight is 416 g/mol. The highest BCUT2D eigenvalue weighted by Gasteiger charge is 2.27. The molecule has 0 unspecified atom stereocenters. The van der Waals surface area contributed by atoms with Crippen molar-refractivity contribution in [1.82, 2.24) is 9.88 Å². The molecule has 1 amide bonds. The van der Waals surface area contributed by atoms with Gasteiger partial charge in [-0.15, -0.1) is 0 Å². The van der Waals surface area contributed by atoms with Gasteiger partial charge in [0.1, 0.15) is 5.76 Å². The number of benzene rings is 1. The molecule has 0 atom stereocenters. The summed E-state index contributed by atoms with van der Waals surface area (Å²) in [5.74, 6) is -0.203. The van der Waals surface area contributed by atoms with Crippen LogP contribution in [0.1, 0.15) is 22.7 Å². The molecule has 1 aliphatic heterocycles. The Morgan fingerprint density at radius 2 is 2.07 bits per heavy atom. The standard InChI is InChI=1S/C20H20N2O6S/c1-13-18(21-19(28-13)14-7-4-3-5-8-14)20(25)27-10-6-9-22-15(23)12-29-16(22)11-17(24)26-2/h3-5,7-8,11H,6,9-10,12H2,1-2H3/b16-11+. The molecule has 1 fully saturated rings. The van der Waals surface area contributed by atoms with Gasteiger partial charge in [-0.2, -0.15) is 0 Å². The molecule has 0 spiro atoms. The van der Waals surface area contributed by atoms with Gasteiger partial charge in [0.25, 0.3) is 0 Å². The van der Waals surface area contributed by atoms with E-state index >= 15 is 0 Å². The predicted octanol–water partition coefficient (Wildman–Crippen LogP) is 2.79. The van der Waals surface area contributed by atoms with Crippen LogP contribution in [0, 0.1) is 6.92 Å². The topological polar surface area (TPSA) is 98.9 Å². The molecule has 9 heteroatoms. The normalized spacial score (nSPS) is 15.0. The predicted molar refractivity (Wildman–Crippen MR) is 106 cm³/mol. The van der Waals surface area contributed by atoms with Gasteiger partial charge in [-0.3, -0.25) is 4.79 Å². The Balaban J connectivity index is 1.54. The monoisotopic (exact) mass is 416 g/mol. The van der Waals surface area contributed by atoms with E-state index in [-0.39, 0.29) is 24.0 Å². The van der Waals surface area contributed by atoms with Crippen LogP contribution in [0.3, 0.4) is 0 Å². The van der Waals surface area contributed by atoms with Crippen LogP contribution >= 0.6 is 11.8 Å². The average Bonchev–Trinajstić information content (AvgIpc) is 3.28. The minimum atomic E-state index is -0.583. The van der Waals surface area contributed by atoms with E-state index in [1.165, 1.54) is 29.8 Å². The van der Waals surface area contributed by atoms with Gasteiger partial charge in [0.2, 0.25) is 11.8 Å². The maximum Gasteiger partial charge on any atom is 0.360 e. The molecule has 1 saturated heterocycles. The van der Waals surface area contributed by atoms with Crippen molar-refractivity contribution in [2.45, 2.75) is 13.3 Å². The van der Waals surface area contributed by atoms with Crippen molar-refractivity contribution >= 4 is 29.6 Å². The molecule has 1 aromatic heterocycles. The number of carbonyl (C=O) groups is 3. The summed E-state index contributed by atoms with van der Waals surface area (Å²) in [6.07, 6.45) is 1.70. The van der Waals surface area contributed by atoms with Crippen LogP contribution in [0.15, 0.2) is 45.9 Å². The first kappa shape index (κ1) is 20.7. The summed E-state index contributed by atoms with van der Waals surface area (Å²) >= 11 is 1.27. The summed E-state index contributed by atoms with van der Waals surface area (Å²) in [7, 11) is 1.28. The zero-order valence-corrected chi connectivity index (χ0v) is 16.9. The number of hydrogen-bond donors (Lipinski definition) is 0. The van der Waals surface area contributed by atoms with Crippen molar-refractivity contribution in [3.63, 3.8) is 0 Å². The number of nitrogens with zero attached hydrogens (tertiary/aromatic N) is 2. The Morgan fingerprint density at radius 1 is 1.31 bits per heavy atom. The van der Waals surface area contributed by atoms with Crippen LogP contribution < -0.4 is 0 Å². The lowest BCUT2D eigenvalue weighted by Gasteiger charge is -2.16. The second-order valence-corrected chi connectivity index (χ2v) is 7.11. The molecular weight excluding hydrogens is 396 g/mol. The second-order valence-electron chi connectivity index (χ2n) is 6.12. The zero-order chi connectivity index (χ0) is 20.8. The Morgan fingerprint density at radius 3 is 2.79 bits per heavy atom. The number of esters is 2. The molecule has 2 heterocycles. The van der Waals surface area contributed by atoms with Gasteiger partial charge in [-0.25, -0.2) is 14.6 Å². The second kappa shape index (κ2) is 9.42. The summed E-state index contributed by atoms with van der Waals surface area (Å²) < 4.78 is 15.4. The van der Waals surface area contributed by atoms with E-state index in [1.54, 1.807) is 6.92 Å². The third kappa shape index (κ3) is 5.05. The van der Waals surface area contributed by atoms with E-state index in [0.29, 0.717) is 29.6 Å². The van der Waals surface area contributed by atoms with E-state index in [0.717, 1.165) is 5.56 Å². The van der Waals surface area contributed by atoms with E-state index in [4.69, 9.17) is 9.15 Å². The highest BCUT2D eigenvalue weighted by atomic mass is 32.2. The molecule has 1 aromatic carbocycles. The van der Waals surface area contributed by atoms with Crippen molar-refractivity contribution in [2.24, 2.45) is 0 Å². The smallest absolute Gasteiger partial charge is 0.360 e. The highest BCUT2D eigenvalue weighted by Crippen LogP contribution is 2.29. The number of ether oxygens (including phenoxy) is 2. The summed E-state index contributed by atoms with van der Waals surface area (Å²) in [6.45, 7) is 2.08. The first-order valence-electron chi connectivity index (χ1n) is 8.92. The molecule has 0 saturated carbocycles. The van der Waals surface area contributed by atoms with E-state index in [1.807, 2.05) is 30.3 Å². The lowest BCUT2D eigenvalue weighted by Crippen LogP contribution is -2.27. The van der Waals surface area contributed by atoms with Gasteiger partial charge in [0, 0.05) is 12.1 Å². The highest BCUT2D eigenvalue weighted by molar-refractivity contribution is 8.04. The van der Waals surface area contributed by atoms with Gasteiger partial charge in [-0.1, -0.05) is 30.0 Å². The minimum absolute atomic E-state index is 0.101. The van der Waals surface area contributed by atoms with Crippen molar-refractivity contribution in [3.05, 3.63) is 52.9 Å². The van der Waals surface area contributed by atoms with E-state index in [9.17, 15) is 14.4 Å². The first-order valence-corrected chi connectivity index (χ1v) is 9.91. The fourth-order valence-electron chi connectivity index (χ4n) is 2.67. The third-order valence-corrected chi connectivity index (χ3v) is 5.15. The molecule has 29 heavy (non-hydrogen) atoms. The lowest BCUT2D eigenvalue weighted by molar-refractivity contribution is -0.134. The van der Waals surface area contributed by atoms with Crippen molar-refractivity contribution in [3.8, 4) is 11.5 Å². The number of amides is 1. The Bertz CT molecular complexity index is 938. The first-order chi connectivity index (χ1) is 14.0. The molecule has 2 aromatic rings. The van der Waals surface area contributed by atoms with Crippen LogP contribution in [0.4, 0.5) is 0 Å². The van der Waals surface area contributed by atoms with Gasteiger partial charge in [0.15, 0.2) is 5.69 Å². The van der Waals surface area contributed by atoms with Gasteiger partial charge in [-0.05, 0) is 25.5 Å². The molecule has 1 aliphatic rings. The number of oxazole rings is 1. The van der Waals surface area contributed by atoms with Crippen molar-refractivity contribution in [1.29, 1.82) is 0 Å². The molecule has 8 nitrogen and oxygen atoms in total. The molecule has 3 rings (SSSR count). The van der Waals surface area contributed by atoms with Crippen LogP contribution in [0.5, 0.6) is 0 Å². The van der Waals surface area contributed by atoms with Gasteiger partial charge < -0.3 is 18.8 Å². The molecule has 0 N–H and O–H groups in total. The number of rotatable bonds is 7. The number of hydrogen-bond acceptors (Lipinski definition) is 8. The summed E-state index contributed by atoms with van der Waals surface area (Å²) in [5.41, 5.74) is 0.896. The third-order valence-electron chi connectivity index (χ3n) is 4.12. The van der Waals surface area contributed by atoms with Gasteiger partial charge in [0.05, 0.1) is 30.6 Å². The summed E-state index contributed by atoms with van der Waals surface area (Å²) in [5, 5.41) is 0.535. The Kier molecular flexibility index (Phi) is 6.71. The summed E-state index contributed by atoms with van der Waals surface area (Å²) in [4.78, 5) is 41.4. The van der Waals surface area contributed by atoms with Crippen LogP contribution in [-0.2, 0) is 19.1 Å². The zero-order valence-electron chi connectivity index (χ0n) is 16.0.